The highest BCUT2D eigenvalue weighted by Gasteiger charge is 2.14. The standard InChI is InChI=1S/C21H15ClOS2.C13H6Cl2OS.C8H10S/c1-2-13-7-3-5-9-16(13)24-18-12-11-15-20(23)14-8-4-6-10-17(14)25-21(15)19(18)22;14-9-6-5-8-12(16)7-3-1-2-4-10(7)17-13(8)11(9)15;1-2-7-5-3-4-6-8(7)9/h3-12H,2H2,1H3;1-6H;3-6,9H,2H2,1H3. The lowest BCUT2D eigenvalue weighted by Crippen LogP contribution is -2.01. The molecule has 6 aromatic carbocycles. The second-order valence-corrected chi connectivity index (χ2v) is 16.2. The molecule has 8 rings (SSSR count). The van der Waals surface area contributed by atoms with Crippen LogP contribution in [0, 0.1) is 0 Å². The van der Waals surface area contributed by atoms with E-state index < -0.39 is 0 Å². The fraction of sp³-hybridized carbons (Fsp3) is 0.0952. The summed E-state index contributed by atoms with van der Waals surface area (Å²) in [7, 11) is 0. The maximum Gasteiger partial charge on any atom is 0.195 e. The van der Waals surface area contributed by atoms with E-state index in [-0.39, 0.29) is 10.9 Å². The first-order chi connectivity index (χ1) is 24.7. The van der Waals surface area contributed by atoms with Gasteiger partial charge in [-0.25, -0.2) is 0 Å². The molecule has 8 aromatic rings. The Morgan fingerprint density at radius 3 is 1.59 bits per heavy atom. The van der Waals surface area contributed by atoms with Crippen LogP contribution in [0.5, 0.6) is 0 Å². The molecule has 0 spiro atoms. The van der Waals surface area contributed by atoms with Gasteiger partial charge in [0.2, 0.25) is 0 Å². The first kappa shape index (κ1) is 37.4. The molecular formula is C42H31Cl3O2S4. The maximum absolute atomic E-state index is 12.8. The summed E-state index contributed by atoms with van der Waals surface area (Å²) in [6.07, 6.45) is 2.05. The van der Waals surface area contributed by atoms with Crippen molar-refractivity contribution in [1.29, 1.82) is 0 Å². The van der Waals surface area contributed by atoms with Crippen LogP contribution in [0.2, 0.25) is 15.1 Å². The van der Waals surface area contributed by atoms with Gasteiger partial charge in [0.1, 0.15) is 0 Å². The van der Waals surface area contributed by atoms with Gasteiger partial charge >= 0.3 is 0 Å². The van der Waals surface area contributed by atoms with Crippen molar-refractivity contribution in [2.45, 2.75) is 41.4 Å². The van der Waals surface area contributed by atoms with Gasteiger partial charge in [-0.05, 0) is 84.6 Å². The predicted octanol–water partition coefficient (Wildman–Crippen LogP) is 14.0. The molecule has 51 heavy (non-hydrogen) atoms. The summed E-state index contributed by atoms with van der Waals surface area (Å²) < 4.78 is 3.51. The second kappa shape index (κ2) is 17.0. The van der Waals surface area contributed by atoms with Gasteiger partial charge in [-0.1, -0.05) is 121 Å². The topological polar surface area (TPSA) is 34.1 Å². The van der Waals surface area contributed by atoms with E-state index in [0.29, 0.717) is 25.8 Å². The van der Waals surface area contributed by atoms with Crippen LogP contribution in [0.15, 0.2) is 146 Å². The minimum absolute atomic E-state index is 0.00733. The van der Waals surface area contributed by atoms with Gasteiger partial charge < -0.3 is 0 Å². The minimum atomic E-state index is 0.00733. The number of fused-ring (bicyclic) bond motifs is 4. The normalized spacial score (nSPS) is 10.9. The molecule has 0 saturated carbocycles. The average molecular weight is 802 g/mol. The quantitative estimate of drug-likeness (QED) is 0.142. The van der Waals surface area contributed by atoms with Crippen molar-refractivity contribution < 1.29 is 0 Å². The number of halogens is 3. The maximum atomic E-state index is 12.8. The van der Waals surface area contributed by atoms with Gasteiger partial charge in [0.15, 0.2) is 10.9 Å². The Morgan fingerprint density at radius 2 is 1.02 bits per heavy atom. The molecule has 0 aliphatic heterocycles. The van der Waals surface area contributed by atoms with Crippen molar-refractivity contribution in [2.75, 3.05) is 0 Å². The van der Waals surface area contributed by atoms with Crippen LogP contribution >= 0.6 is 81.9 Å². The van der Waals surface area contributed by atoms with Gasteiger partial charge in [-0.15, -0.1) is 35.3 Å². The van der Waals surface area contributed by atoms with Crippen LogP contribution in [-0.4, -0.2) is 0 Å². The Kier molecular flexibility index (Phi) is 12.5. The van der Waals surface area contributed by atoms with Gasteiger partial charge in [-0.2, -0.15) is 0 Å². The van der Waals surface area contributed by atoms with Crippen molar-refractivity contribution >= 4 is 122 Å². The van der Waals surface area contributed by atoms with E-state index in [1.54, 1.807) is 35.2 Å². The third-order valence-corrected chi connectivity index (χ3v) is 13.8. The monoisotopic (exact) mass is 800 g/mol. The molecule has 256 valence electrons. The van der Waals surface area contributed by atoms with Crippen LogP contribution in [0.25, 0.3) is 40.3 Å². The fourth-order valence-corrected chi connectivity index (χ4v) is 10.1. The summed E-state index contributed by atoms with van der Waals surface area (Å²) in [6.45, 7) is 4.29. The molecular weight excluding hydrogens is 771 g/mol. The number of hydrogen-bond acceptors (Lipinski definition) is 6. The lowest BCUT2D eigenvalue weighted by atomic mass is 10.2. The molecule has 2 heterocycles. The van der Waals surface area contributed by atoms with Gasteiger partial charge in [-0.3, -0.25) is 9.59 Å². The molecule has 0 amide bonds. The highest BCUT2D eigenvalue weighted by molar-refractivity contribution is 7.99. The predicted molar refractivity (Wildman–Crippen MR) is 229 cm³/mol. The molecule has 0 saturated heterocycles. The smallest absolute Gasteiger partial charge is 0.195 e. The van der Waals surface area contributed by atoms with E-state index in [1.807, 2.05) is 84.9 Å². The Labute approximate surface area is 329 Å². The lowest BCUT2D eigenvalue weighted by Gasteiger charge is -2.10. The summed E-state index contributed by atoms with van der Waals surface area (Å²) in [5, 5.41) is 4.41. The van der Waals surface area contributed by atoms with Gasteiger partial charge in [0.05, 0.1) is 24.5 Å². The van der Waals surface area contributed by atoms with Crippen LogP contribution in [-0.2, 0) is 12.8 Å². The molecule has 0 fully saturated rings. The van der Waals surface area contributed by atoms with E-state index in [2.05, 4.69) is 50.7 Å². The van der Waals surface area contributed by atoms with Crippen LogP contribution in [0.3, 0.4) is 0 Å². The Morgan fingerprint density at radius 1 is 0.529 bits per heavy atom. The summed E-state index contributed by atoms with van der Waals surface area (Å²) in [5.41, 5.74) is 2.68. The molecule has 0 bridgehead atoms. The molecule has 2 aromatic heterocycles. The minimum Gasteiger partial charge on any atom is -0.289 e. The number of thiol groups is 1. The van der Waals surface area contributed by atoms with Crippen LogP contribution in [0.1, 0.15) is 25.0 Å². The molecule has 2 nitrogen and oxygen atoms in total. The highest BCUT2D eigenvalue weighted by Crippen LogP contribution is 2.41. The van der Waals surface area contributed by atoms with Crippen molar-refractivity contribution in [3.63, 3.8) is 0 Å². The van der Waals surface area contributed by atoms with Crippen molar-refractivity contribution in [3.05, 3.63) is 168 Å². The summed E-state index contributed by atoms with van der Waals surface area (Å²) in [6, 6.07) is 39.0. The summed E-state index contributed by atoms with van der Waals surface area (Å²) >= 11 is 27.8. The van der Waals surface area contributed by atoms with Crippen LogP contribution < -0.4 is 10.9 Å². The van der Waals surface area contributed by atoms with E-state index in [9.17, 15) is 9.59 Å². The zero-order valence-electron chi connectivity index (χ0n) is 27.6. The SMILES string of the molecule is CCc1ccccc1S.CCc1ccccc1Sc1ccc2c(=O)c3ccccc3sc2c1Cl.O=c1c2ccccc2sc2c(Cl)c(Cl)ccc12. The largest absolute Gasteiger partial charge is 0.289 e. The third kappa shape index (κ3) is 8.18. The van der Waals surface area contributed by atoms with E-state index in [1.165, 1.54) is 27.4 Å². The Bertz CT molecular complexity index is 2650. The van der Waals surface area contributed by atoms with Gasteiger partial charge in [0, 0.05) is 45.6 Å². The molecule has 0 atom stereocenters. The number of hydrogen-bond donors (Lipinski definition) is 1. The van der Waals surface area contributed by atoms with E-state index in [4.69, 9.17) is 34.8 Å². The molecule has 0 N–H and O–H groups in total. The van der Waals surface area contributed by atoms with Crippen molar-refractivity contribution in [3.8, 4) is 0 Å². The van der Waals surface area contributed by atoms with Crippen molar-refractivity contribution in [2.24, 2.45) is 0 Å². The number of benzene rings is 6. The second-order valence-electron chi connectivity index (χ2n) is 11.4. The first-order valence-corrected chi connectivity index (χ1v) is 20.2. The molecule has 0 aliphatic rings. The first-order valence-electron chi connectivity index (χ1n) is 16.2. The third-order valence-electron chi connectivity index (χ3n) is 8.23. The van der Waals surface area contributed by atoms with E-state index >= 15 is 0 Å². The molecule has 9 heteroatoms. The summed E-state index contributed by atoms with van der Waals surface area (Å²) in [5.74, 6) is 0. The Balaban J connectivity index is 0.000000148. The van der Waals surface area contributed by atoms with Crippen molar-refractivity contribution in [1.82, 2.24) is 0 Å². The molecule has 0 aliphatic carbocycles. The van der Waals surface area contributed by atoms with Crippen LogP contribution in [0.4, 0.5) is 0 Å². The zero-order chi connectivity index (χ0) is 36.1. The van der Waals surface area contributed by atoms with E-state index in [0.717, 1.165) is 52.2 Å². The fourth-order valence-electron chi connectivity index (χ4n) is 5.53. The number of rotatable bonds is 4. The molecule has 0 radical (unpaired) electrons. The summed E-state index contributed by atoms with van der Waals surface area (Å²) in [4.78, 5) is 28.3. The number of aryl methyl sites for hydroxylation is 2. The molecule has 0 unspecified atom stereocenters. The average Bonchev–Trinajstić information content (AvgIpc) is 3.16. The lowest BCUT2D eigenvalue weighted by molar-refractivity contribution is 1.08. The van der Waals surface area contributed by atoms with Gasteiger partial charge in [0.25, 0.3) is 0 Å². The Hall–Kier alpha value is -3.33. The zero-order valence-corrected chi connectivity index (χ0v) is 33.2. The highest BCUT2D eigenvalue weighted by atomic mass is 35.5.